The van der Waals surface area contributed by atoms with E-state index in [1.54, 1.807) is 6.07 Å². The number of amides is 2. The van der Waals surface area contributed by atoms with E-state index in [9.17, 15) is 18.0 Å². The van der Waals surface area contributed by atoms with Crippen LogP contribution in [0.1, 0.15) is 10.4 Å². The zero-order chi connectivity index (χ0) is 19.3. The topological polar surface area (TPSA) is 83.6 Å². The predicted octanol–water partition coefficient (Wildman–Crippen LogP) is 2.52. The van der Waals surface area contributed by atoms with Gasteiger partial charge in [-0.15, -0.1) is 11.8 Å². The van der Waals surface area contributed by atoms with Crippen molar-refractivity contribution in [1.29, 1.82) is 0 Å². The van der Waals surface area contributed by atoms with Crippen molar-refractivity contribution in [1.82, 2.24) is 4.90 Å². The van der Waals surface area contributed by atoms with Crippen molar-refractivity contribution in [2.75, 3.05) is 31.4 Å². The molecular formula is C18H20N2O4S2. The first-order chi connectivity index (χ1) is 12.2. The number of carbonyl (C=O) groups is 2. The van der Waals surface area contributed by atoms with Crippen LogP contribution in [0.5, 0.6) is 0 Å². The molecule has 0 saturated heterocycles. The third-order valence-corrected chi connectivity index (χ3v) is 5.56. The second kappa shape index (κ2) is 8.37. The summed E-state index contributed by atoms with van der Waals surface area (Å²) in [6.45, 7) is -0.116. The van der Waals surface area contributed by atoms with Crippen molar-refractivity contribution in [2.45, 2.75) is 9.79 Å². The lowest BCUT2D eigenvalue weighted by Gasteiger charge is -2.17. The molecule has 8 heteroatoms. The van der Waals surface area contributed by atoms with Crippen molar-refractivity contribution >= 4 is 39.1 Å². The Balaban J connectivity index is 2.03. The Morgan fingerprint density at radius 2 is 1.69 bits per heavy atom. The second-order valence-electron chi connectivity index (χ2n) is 5.71. The van der Waals surface area contributed by atoms with Crippen molar-refractivity contribution in [3.63, 3.8) is 0 Å². The molecule has 6 nitrogen and oxygen atoms in total. The second-order valence-corrected chi connectivity index (χ2v) is 8.57. The van der Waals surface area contributed by atoms with Gasteiger partial charge in [-0.05, 0) is 42.7 Å². The molecule has 0 aliphatic carbocycles. The molecule has 2 rings (SSSR count). The summed E-state index contributed by atoms with van der Waals surface area (Å²) in [6, 6.07) is 13.1. The average Bonchev–Trinajstić information content (AvgIpc) is 2.60. The van der Waals surface area contributed by atoms with Crippen LogP contribution in [0.3, 0.4) is 0 Å². The molecule has 26 heavy (non-hydrogen) atoms. The minimum atomic E-state index is -3.32. The van der Waals surface area contributed by atoms with E-state index < -0.39 is 9.84 Å². The van der Waals surface area contributed by atoms with E-state index in [0.29, 0.717) is 11.3 Å². The molecule has 0 aromatic heterocycles. The molecule has 0 bridgehead atoms. The Hall–Kier alpha value is -2.32. The number of benzene rings is 2. The van der Waals surface area contributed by atoms with Gasteiger partial charge in [0.15, 0.2) is 9.84 Å². The fourth-order valence-electron chi connectivity index (χ4n) is 2.29. The first-order valence-corrected chi connectivity index (χ1v) is 10.8. The van der Waals surface area contributed by atoms with Crippen LogP contribution >= 0.6 is 11.8 Å². The van der Waals surface area contributed by atoms with E-state index in [4.69, 9.17) is 0 Å². The molecule has 0 heterocycles. The summed E-state index contributed by atoms with van der Waals surface area (Å²) < 4.78 is 22.9. The lowest BCUT2D eigenvalue weighted by atomic mass is 10.2. The highest BCUT2D eigenvalue weighted by molar-refractivity contribution is 7.98. The summed E-state index contributed by atoms with van der Waals surface area (Å²) in [7, 11) is -1.80. The van der Waals surface area contributed by atoms with Crippen molar-refractivity contribution < 1.29 is 18.0 Å². The van der Waals surface area contributed by atoms with Crippen LogP contribution in [0.4, 0.5) is 5.69 Å². The van der Waals surface area contributed by atoms with E-state index in [1.165, 1.54) is 48.0 Å². The maximum atomic E-state index is 12.4. The van der Waals surface area contributed by atoms with Gasteiger partial charge in [-0.2, -0.15) is 0 Å². The summed E-state index contributed by atoms with van der Waals surface area (Å²) in [6.07, 6.45) is 3.02. The number of thioether (sulfide) groups is 1. The van der Waals surface area contributed by atoms with Gasteiger partial charge in [0, 0.05) is 23.8 Å². The van der Waals surface area contributed by atoms with Gasteiger partial charge < -0.3 is 10.2 Å². The van der Waals surface area contributed by atoms with Crippen LogP contribution in [-0.4, -0.2) is 51.2 Å². The molecule has 0 unspecified atom stereocenters. The van der Waals surface area contributed by atoms with Gasteiger partial charge in [0.05, 0.1) is 17.1 Å². The molecule has 0 spiro atoms. The normalized spacial score (nSPS) is 11.0. The highest BCUT2D eigenvalue weighted by Gasteiger charge is 2.16. The van der Waals surface area contributed by atoms with Crippen LogP contribution < -0.4 is 5.32 Å². The number of anilines is 1. The smallest absolute Gasteiger partial charge is 0.254 e. The van der Waals surface area contributed by atoms with E-state index in [2.05, 4.69) is 5.32 Å². The number of hydrogen-bond donors (Lipinski definition) is 1. The number of carbonyl (C=O) groups excluding carboxylic acids is 2. The Bertz CT molecular complexity index is 909. The van der Waals surface area contributed by atoms with Crippen LogP contribution in [0, 0.1) is 0 Å². The molecule has 0 radical (unpaired) electrons. The number of nitrogens with zero attached hydrogens (tertiary/aromatic N) is 1. The van der Waals surface area contributed by atoms with E-state index >= 15 is 0 Å². The number of rotatable bonds is 6. The van der Waals surface area contributed by atoms with Crippen molar-refractivity contribution in [3.05, 3.63) is 54.1 Å². The fourth-order valence-corrected chi connectivity index (χ4v) is 3.47. The van der Waals surface area contributed by atoms with Crippen LogP contribution in [-0.2, 0) is 14.6 Å². The van der Waals surface area contributed by atoms with Gasteiger partial charge in [0.2, 0.25) is 5.91 Å². The van der Waals surface area contributed by atoms with Gasteiger partial charge in [-0.3, -0.25) is 9.59 Å². The molecule has 2 amide bonds. The number of sulfone groups is 1. The highest BCUT2D eigenvalue weighted by atomic mass is 32.2. The molecule has 0 fully saturated rings. The maximum Gasteiger partial charge on any atom is 0.254 e. The summed E-state index contributed by atoms with van der Waals surface area (Å²) >= 11 is 1.52. The Kier molecular flexibility index (Phi) is 6.44. The molecule has 2 aromatic rings. The monoisotopic (exact) mass is 392 g/mol. The molecule has 0 aliphatic heterocycles. The zero-order valence-corrected chi connectivity index (χ0v) is 16.4. The average molecular weight is 393 g/mol. The molecule has 2 aromatic carbocycles. The third-order valence-electron chi connectivity index (χ3n) is 3.64. The molecule has 0 atom stereocenters. The summed E-state index contributed by atoms with van der Waals surface area (Å²) in [5.41, 5.74) is 1.01. The van der Waals surface area contributed by atoms with Crippen LogP contribution in [0.2, 0.25) is 0 Å². The van der Waals surface area contributed by atoms with E-state index in [-0.39, 0.29) is 23.3 Å². The molecule has 0 saturated carbocycles. The zero-order valence-electron chi connectivity index (χ0n) is 14.7. The standard InChI is InChI=1S/C18H20N2O4S2/c1-20(12-17(21)19-15-6-4-5-7-16(15)25-2)18(22)13-8-10-14(11-9-13)26(3,23)24/h4-11H,12H2,1-3H3,(H,19,21). The van der Waals surface area contributed by atoms with Gasteiger partial charge in [-0.1, -0.05) is 12.1 Å². The molecule has 0 aliphatic rings. The summed E-state index contributed by atoms with van der Waals surface area (Å²) in [5, 5.41) is 2.79. The Morgan fingerprint density at radius 1 is 1.08 bits per heavy atom. The van der Waals surface area contributed by atoms with E-state index in [1.807, 2.05) is 24.5 Å². The number of nitrogens with one attached hydrogen (secondary N) is 1. The number of likely N-dealkylation sites (N-methyl/N-ethyl adjacent to an activating group) is 1. The third kappa shape index (κ3) is 5.09. The predicted molar refractivity (Wildman–Crippen MR) is 103 cm³/mol. The molecule has 1 N–H and O–H groups in total. The summed E-state index contributed by atoms with van der Waals surface area (Å²) in [5.74, 6) is -0.673. The first-order valence-electron chi connectivity index (χ1n) is 7.71. The SMILES string of the molecule is CSc1ccccc1NC(=O)CN(C)C(=O)c1ccc(S(C)(=O)=O)cc1. The van der Waals surface area contributed by atoms with Crippen molar-refractivity contribution in [2.24, 2.45) is 0 Å². The van der Waals surface area contributed by atoms with Gasteiger partial charge in [0.1, 0.15) is 0 Å². The quantitative estimate of drug-likeness (QED) is 0.764. The van der Waals surface area contributed by atoms with Gasteiger partial charge >= 0.3 is 0 Å². The lowest BCUT2D eigenvalue weighted by molar-refractivity contribution is -0.116. The Morgan fingerprint density at radius 3 is 2.27 bits per heavy atom. The highest BCUT2D eigenvalue weighted by Crippen LogP contribution is 2.24. The first kappa shape index (κ1) is 20.0. The van der Waals surface area contributed by atoms with Crippen molar-refractivity contribution in [3.8, 4) is 0 Å². The van der Waals surface area contributed by atoms with Crippen LogP contribution in [0.25, 0.3) is 0 Å². The van der Waals surface area contributed by atoms with Gasteiger partial charge in [-0.25, -0.2) is 8.42 Å². The largest absolute Gasteiger partial charge is 0.332 e. The van der Waals surface area contributed by atoms with Crippen LogP contribution in [0.15, 0.2) is 58.3 Å². The maximum absolute atomic E-state index is 12.4. The minimum absolute atomic E-state index is 0.116. The lowest BCUT2D eigenvalue weighted by Crippen LogP contribution is -2.35. The molecule has 138 valence electrons. The van der Waals surface area contributed by atoms with Gasteiger partial charge in [0.25, 0.3) is 5.91 Å². The number of hydrogen-bond acceptors (Lipinski definition) is 5. The van der Waals surface area contributed by atoms with E-state index in [0.717, 1.165) is 11.2 Å². The molecular weight excluding hydrogens is 372 g/mol. The number of para-hydroxylation sites is 1. The fraction of sp³-hybridized carbons (Fsp3) is 0.222. The minimum Gasteiger partial charge on any atom is -0.332 e. The summed E-state index contributed by atoms with van der Waals surface area (Å²) in [4.78, 5) is 27.0. The Labute approximate surface area is 157 Å².